The SMILES string of the molecule is O=C(/C=C/N1CCN(c2cccc(C(F)(F)F)c2)CC1)C(F)(F)F. The fourth-order valence-electron chi connectivity index (χ4n) is 2.28. The number of carbonyl (C=O) groups excluding carboxylic acids is 1. The van der Waals surface area contributed by atoms with Gasteiger partial charge in [0.15, 0.2) is 0 Å². The van der Waals surface area contributed by atoms with Gasteiger partial charge in [0.25, 0.3) is 5.78 Å². The van der Waals surface area contributed by atoms with Crippen LogP contribution in [0, 0.1) is 0 Å². The van der Waals surface area contributed by atoms with Crippen LogP contribution >= 0.6 is 0 Å². The quantitative estimate of drug-likeness (QED) is 0.615. The third-order valence-electron chi connectivity index (χ3n) is 3.57. The smallest absolute Gasteiger partial charge is 0.374 e. The third-order valence-corrected chi connectivity index (χ3v) is 3.57. The molecule has 3 nitrogen and oxygen atoms in total. The van der Waals surface area contributed by atoms with Gasteiger partial charge in [0, 0.05) is 44.1 Å². The summed E-state index contributed by atoms with van der Waals surface area (Å²) in [4.78, 5) is 14.0. The maximum atomic E-state index is 12.7. The molecule has 0 aromatic heterocycles. The maximum absolute atomic E-state index is 12.7. The van der Waals surface area contributed by atoms with Crippen LogP contribution in [-0.2, 0) is 11.0 Å². The zero-order valence-electron chi connectivity index (χ0n) is 12.4. The van der Waals surface area contributed by atoms with Crippen LogP contribution in [0.4, 0.5) is 32.0 Å². The van der Waals surface area contributed by atoms with Gasteiger partial charge in [-0.25, -0.2) is 0 Å². The van der Waals surface area contributed by atoms with Gasteiger partial charge in [-0.1, -0.05) is 6.07 Å². The van der Waals surface area contributed by atoms with Crippen molar-refractivity contribution in [1.82, 2.24) is 4.90 Å². The predicted octanol–water partition coefficient (Wildman–Crippen LogP) is 3.47. The number of nitrogens with zero attached hydrogens (tertiary/aromatic N) is 2. The van der Waals surface area contributed by atoms with Crippen LogP contribution in [0.2, 0.25) is 0 Å². The number of allylic oxidation sites excluding steroid dienone is 1. The molecule has 132 valence electrons. The van der Waals surface area contributed by atoms with Crippen molar-refractivity contribution in [2.24, 2.45) is 0 Å². The molecule has 0 N–H and O–H groups in total. The Balaban J connectivity index is 1.96. The van der Waals surface area contributed by atoms with Crippen molar-refractivity contribution in [3.8, 4) is 0 Å². The summed E-state index contributed by atoms with van der Waals surface area (Å²) in [5.41, 5.74) is -0.349. The van der Waals surface area contributed by atoms with Gasteiger partial charge < -0.3 is 9.80 Å². The van der Waals surface area contributed by atoms with E-state index in [-0.39, 0.29) is 0 Å². The first-order valence-electron chi connectivity index (χ1n) is 7.03. The molecule has 0 saturated carbocycles. The maximum Gasteiger partial charge on any atom is 0.454 e. The van der Waals surface area contributed by atoms with E-state index in [4.69, 9.17) is 0 Å². The zero-order chi connectivity index (χ0) is 18.0. The molecule has 0 bridgehead atoms. The molecule has 2 rings (SSSR count). The lowest BCUT2D eigenvalue weighted by atomic mass is 10.1. The first-order valence-corrected chi connectivity index (χ1v) is 7.03. The summed E-state index contributed by atoms with van der Waals surface area (Å²) < 4.78 is 74.4. The summed E-state index contributed by atoms with van der Waals surface area (Å²) >= 11 is 0. The molecule has 0 spiro atoms. The third kappa shape index (κ3) is 4.65. The lowest BCUT2D eigenvalue weighted by Gasteiger charge is -2.35. The van der Waals surface area contributed by atoms with Crippen molar-refractivity contribution in [1.29, 1.82) is 0 Å². The van der Waals surface area contributed by atoms with Gasteiger partial charge in [0.05, 0.1) is 5.56 Å². The summed E-state index contributed by atoms with van der Waals surface area (Å²) in [6.45, 7) is 1.29. The number of rotatable bonds is 3. The topological polar surface area (TPSA) is 23.6 Å². The number of ketones is 1. The highest BCUT2D eigenvalue weighted by atomic mass is 19.4. The van der Waals surface area contributed by atoms with Crippen LogP contribution in [0.15, 0.2) is 36.5 Å². The Morgan fingerprint density at radius 2 is 1.62 bits per heavy atom. The highest BCUT2D eigenvalue weighted by molar-refractivity contribution is 5.94. The second-order valence-electron chi connectivity index (χ2n) is 5.25. The predicted molar refractivity (Wildman–Crippen MR) is 75.4 cm³/mol. The average molecular weight is 352 g/mol. The normalized spacial score (nSPS) is 16.8. The monoisotopic (exact) mass is 352 g/mol. The number of anilines is 1. The Hall–Kier alpha value is -2.19. The van der Waals surface area contributed by atoms with Gasteiger partial charge >= 0.3 is 12.4 Å². The molecule has 9 heteroatoms. The van der Waals surface area contributed by atoms with E-state index in [1.807, 2.05) is 0 Å². The Morgan fingerprint density at radius 1 is 1.00 bits per heavy atom. The van der Waals surface area contributed by atoms with Crippen molar-refractivity contribution >= 4 is 11.5 Å². The molecule has 0 radical (unpaired) electrons. The molecule has 0 atom stereocenters. The lowest BCUT2D eigenvalue weighted by Crippen LogP contribution is -2.44. The van der Waals surface area contributed by atoms with E-state index in [0.29, 0.717) is 37.9 Å². The summed E-state index contributed by atoms with van der Waals surface area (Å²) in [5.74, 6) is -1.94. The van der Waals surface area contributed by atoms with Gasteiger partial charge in [-0.05, 0) is 18.2 Å². The molecule has 1 aromatic carbocycles. The molecule has 1 aliphatic heterocycles. The van der Waals surface area contributed by atoms with Crippen LogP contribution in [0.25, 0.3) is 0 Å². The molecule has 0 unspecified atom stereocenters. The van der Waals surface area contributed by atoms with Crippen molar-refractivity contribution in [3.63, 3.8) is 0 Å². The van der Waals surface area contributed by atoms with Gasteiger partial charge in [-0.3, -0.25) is 4.79 Å². The average Bonchev–Trinajstić information content (AvgIpc) is 2.51. The van der Waals surface area contributed by atoms with Gasteiger partial charge in [0.1, 0.15) is 0 Å². The number of alkyl halides is 6. The summed E-state index contributed by atoms with van der Waals surface area (Å²) in [7, 11) is 0. The highest BCUT2D eigenvalue weighted by Gasteiger charge is 2.36. The van der Waals surface area contributed by atoms with E-state index >= 15 is 0 Å². The van der Waals surface area contributed by atoms with Crippen molar-refractivity contribution in [2.75, 3.05) is 31.1 Å². The van der Waals surface area contributed by atoms with Crippen LogP contribution in [-0.4, -0.2) is 43.0 Å². The number of hydrogen-bond donors (Lipinski definition) is 0. The standard InChI is InChI=1S/C15H14F6N2O/c16-14(17,18)11-2-1-3-12(10-11)23-8-6-22(7-9-23)5-4-13(24)15(19,20)21/h1-5,10H,6-9H2/b5-4+. The second kappa shape index (κ2) is 6.74. The van der Waals surface area contributed by atoms with Gasteiger partial charge in [0.2, 0.25) is 0 Å². The van der Waals surface area contributed by atoms with Crippen molar-refractivity contribution in [2.45, 2.75) is 12.4 Å². The number of halogens is 6. The van der Waals surface area contributed by atoms with E-state index in [1.165, 1.54) is 11.0 Å². The summed E-state index contributed by atoms with van der Waals surface area (Å²) in [5, 5.41) is 0. The first-order chi connectivity index (χ1) is 11.1. The van der Waals surface area contributed by atoms with Crippen LogP contribution in [0.1, 0.15) is 5.56 Å². The van der Waals surface area contributed by atoms with Gasteiger partial charge in [-0.2, -0.15) is 26.3 Å². The molecular weight excluding hydrogens is 338 g/mol. The van der Waals surface area contributed by atoms with Crippen molar-refractivity contribution in [3.05, 3.63) is 42.1 Å². The van der Waals surface area contributed by atoms with Crippen LogP contribution in [0.3, 0.4) is 0 Å². The molecule has 0 amide bonds. The molecule has 1 saturated heterocycles. The highest BCUT2D eigenvalue weighted by Crippen LogP contribution is 2.31. The van der Waals surface area contributed by atoms with E-state index < -0.39 is 23.7 Å². The first kappa shape index (κ1) is 18.2. The molecular formula is C15H14F6N2O. The minimum atomic E-state index is -4.91. The van der Waals surface area contributed by atoms with E-state index in [2.05, 4.69) is 0 Å². The number of benzene rings is 1. The summed E-state index contributed by atoms with van der Waals surface area (Å²) in [6, 6.07) is 4.88. The lowest BCUT2D eigenvalue weighted by molar-refractivity contribution is -0.165. The minimum absolute atomic E-state index is 0.303. The molecule has 1 aromatic rings. The molecule has 1 heterocycles. The molecule has 1 aliphatic rings. The zero-order valence-corrected chi connectivity index (χ0v) is 12.4. The minimum Gasteiger partial charge on any atom is -0.374 e. The second-order valence-corrected chi connectivity index (χ2v) is 5.25. The Kier molecular flexibility index (Phi) is 5.10. The number of piperazine rings is 1. The fraction of sp³-hybridized carbons (Fsp3) is 0.400. The van der Waals surface area contributed by atoms with E-state index in [0.717, 1.165) is 18.3 Å². The van der Waals surface area contributed by atoms with E-state index in [1.54, 1.807) is 11.0 Å². The van der Waals surface area contributed by atoms with Crippen molar-refractivity contribution < 1.29 is 31.1 Å². The van der Waals surface area contributed by atoms with E-state index in [9.17, 15) is 31.1 Å². The Morgan fingerprint density at radius 3 is 2.17 bits per heavy atom. The molecule has 1 fully saturated rings. The number of hydrogen-bond acceptors (Lipinski definition) is 3. The summed E-state index contributed by atoms with van der Waals surface area (Å²) in [6.07, 6.45) is -7.81. The van der Waals surface area contributed by atoms with Crippen LogP contribution in [0.5, 0.6) is 0 Å². The van der Waals surface area contributed by atoms with Gasteiger partial charge in [-0.15, -0.1) is 0 Å². The fourth-order valence-corrected chi connectivity index (χ4v) is 2.28. The Bertz CT molecular complexity index is 615. The Labute approximate surface area is 134 Å². The molecule has 0 aliphatic carbocycles. The number of carbonyl (C=O) groups is 1. The largest absolute Gasteiger partial charge is 0.454 e. The molecule has 24 heavy (non-hydrogen) atoms. The van der Waals surface area contributed by atoms with Crippen LogP contribution < -0.4 is 4.90 Å².